The Morgan fingerprint density at radius 3 is 1.73 bits per heavy atom. The highest BCUT2D eigenvalue weighted by Gasteiger charge is 2.38. The Morgan fingerprint density at radius 1 is 0.452 bits per heavy atom. The lowest BCUT2D eigenvalue weighted by Gasteiger charge is -2.23. The lowest BCUT2D eigenvalue weighted by molar-refractivity contribution is 0.665. The van der Waals surface area contributed by atoms with Gasteiger partial charge in [-0.2, -0.15) is 0 Å². The Hall–Kier alpha value is -8.78. The molecule has 0 saturated carbocycles. The minimum absolute atomic E-state index is 0.314. The number of rotatable bonds is 9. The van der Waals surface area contributed by atoms with Crippen molar-refractivity contribution in [2.24, 2.45) is 0 Å². The van der Waals surface area contributed by atoms with E-state index < -0.39 is 0 Å². The first-order chi connectivity index (χ1) is 36.0. The summed E-state index contributed by atoms with van der Waals surface area (Å²) in [5.74, 6) is 0. The van der Waals surface area contributed by atoms with Gasteiger partial charge in [0.1, 0.15) is 0 Å². The van der Waals surface area contributed by atoms with Crippen molar-refractivity contribution in [2.75, 3.05) is 0 Å². The monoisotopic (exact) mass is 937 g/mol. The molecule has 352 valence electrons. The van der Waals surface area contributed by atoms with Crippen molar-refractivity contribution in [3.63, 3.8) is 0 Å². The first-order valence-corrected chi connectivity index (χ1v) is 25.8. The van der Waals surface area contributed by atoms with Gasteiger partial charge in [0.2, 0.25) is 0 Å². The Morgan fingerprint density at radius 2 is 1.01 bits per heavy atom. The van der Waals surface area contributed by atoms with E-state index in [0.29, 0.717) is 0 Å². The maximum absolute atomic E-state index is 2.46. The van der Waals surface area contributed by atoms with Gasteiger partial charge in [-0.3, -0.25) is 0 Å². The summed E-state index contributed by atoms with van der Waals surface area (Å²) in [4.78, 5) is 0. The second-order valence-electron chi connectivity index (χ2n) is 19.1. The molecular formula is C72H59N. The molecule has 0 N–H and O–H groups in total. The van der Waals surface area contributed by atoms with Crippen LogP contribution in [0.5, 0.6) is 0 Å². The Kier molecular flexibility index (Phi) is 12.9. The van der Waals surface area contributed by atoms with Gasteiger partial charge in [-0.05, 0) is 144 Å². The number of fused-ring (bicyclic) bond motifs is 7. The topological polar surface area (TPSA) is 4.93 Å². The van der Waals surface area contributed by atoms with Gasteiger partial charge in [0, 0.05) is 21.9 Å². The van der Waals surface area contributed by atoms with Crippen molar-refractivity contribution < 1.29 is 0 Å². The summed E-state index contributed by atoms with van der Waals surface area (Å²) in [6.07, 6.45) is 17.7. The fraction of sp³-hybridized carbons (Fsp3) is 0.0833. The quantitative estimate of drug-likeness (QED) is 0.127. The van der Waals surface area contributed by atoms with Crippen LogP contribution < -0.4 is 0 Å². The standard InChI is InChI=1S/C70H53N.C2H6/c1-4-5-9-23-49-24-16-17-25-50(49)30-22-36-58-59-42-39-54(53-40-43-67-62(46-53)60-34-20-21-37-66(60)71(67)55-31-14-8-15-32-55)47-65(59)70(2,3)64(58)45-48-38-41-57-56-33-18-19-35-61(56)69(63(57)44-48)68(51-26-10-6-11-27-51)52-28-12-7-13-29-52;1-2/h4-47H,1-3H3;1-2H3/b5-4+,23-9-,30-22+,58-36-,64-45+;. The smallest absolute Gasteiger partial charge is 0.0541 e. The van der Waals surface area contributed by atoms with E-state index >= 15 is 0 Å². The summed E-state index contributed by atoms with van der Waals surface area (Å²) in [6.45, 7) is 10.9. The van der Waals surface area contributed by atoms with Crippen LogP contribution in [0.25, 0.3) is 84.7 Å². The summed E-state index contributed by atoms with van der Waals surface area (Å²) in [5, 5.41) is 2.51. The van der Waals surface area contributed by atoms with E-state index in [4.69, 9.17) is 0 Å². The molecule has 1 nitrogen and oxygen atoms in total. The predicted molar refractivity (Wildman–Crippen MR) is 316 cm³/mol. The SMILES string of the molecule is C/C=C/C=C\c1ccccc1/C=C/C=C1\C(=C/c2ccc3c(c2)C(=C(c2ccccc2)c2ccccc2)c2ccccc2-3)C(C)(C)c2cc(-c3ccc4c(c3)c3ccccc3n4-c3ccccc3)ccc21.CC. The van der Waals surface area contributed by atoms with Gasteiger partial charge >= 0.3 is 0 Å². The Bertz CT molecular complexity index is 3820. The van der Waals surface area contributed by atoms with Gasteiger partial charge < -0.3 is 4.57 Å². The molecule has 12 rings (SSSR count). The molecule has 1 heteroatoms. The molecule has 0 radical (unpaired) electrons. The van der Waals surface area contributed by atoms with Crippen molar-refractivity contribution in [3.05, 3.63) is 304 Å². The van der Waals surface area contributed by atoms with Crippen molar-refractivity contribution in [3.8, 4) is 27.9 Å². The molecule has 1 heterocycles. The van der Waals surface area contributed by atoms with Gasteiger partial charge in [-0.15, -0.1) is 0 Å². The molecular weight excluding hydrogens is 879 g/mol. The minimum Gasteiger partial charge on any atom is -0.309 e. The van der Waals surface area contributed by atoms with E-state index in [1.807, 2.05) is 20.8 Å². The van der Waals surface area contributed by atoms with Crippen molar-refractivity contribution in [1.29, 1.82) is 0 Å². The number of hydrogen-bond donors (Lipinski definition) is 0. The second-order valence-corrected chi connectivity index (χ2v) is 19.1. The van der Waals surface area contributed by atoms with Gasteiger partial charge in [-0.25, -0.2) is 0 Å². The largest absolute Gasteiger partial charge is 0.309 e. The zero-order valence-electron chi connectivity index (χ0n) is 42.4. The molecule has 0 unspecified atom stereocenters. The zero-order valence-corrected chi connectivity index (χ0v) is 42.4. The van der Waals surface area contributed by atoms with Crippen molar-refractivity contribution in [1.82, 2.24) is 4.57 Å². The van der Waals surface area contributed by atoms with Crippen LogP contribution in [0.3, 0.4) is 0 Å². The molecule has 0 amide bonds. The van der Waals surface area contributed by atoms with Crippen LogP contribution in [0.15, 0.2) is 254 Å². The second kappa shape index (κ2) is 20.1. The molecule has 0 bridgehead atoms. The average molecular weight is 938 g/mol. The maximum atomic E-state index is 2.46. The third kappa shape index (κ3) is 8.58. The van der Waals surface area contributed by atoms with Crippen LogP contribution in [0.2, 0.25) is 0 Å². The third-order valence-corrected chi connectivity index (χ3v) is 14.6. The van der Waals surface area contributed by atoms with E-state index in [1.54, 1.807) is 0 Å². The number of para-hydroxylation sites is 2. The van der Waals surface area contributed by atoms with Crippen molar-refractivity contribution in [2.45, 2.75) is 40.0 Å². The lowest BCUT2D eigenvalue weighted by atomic mass is 9.80. The molecule has 73 heavy (non-hydrogen) atoms. The zero-order chi connectivity index (χ0) is 49.9. The first-order valence-electron chi connectivity index (χ1n) is 25.8. The fourth-order valence-corrected chi connectivity index (χ4v) is 11.2. The van der Waals surface area contributed by atoms with Gasteiger partial charge in [0.15, 0.2) is 0 Å². The summed E-state index contributed by atoms with van der Waals surface area (Å²) in [7, 11) is 0. The molecule has 1 aromatic heterocycles. The molecule has 0 atom stereocenters. The lowest BCUT2D eigenvalue weighted by Crippen LogP contribution is -2.15. The van der Waals surface area contributed by atoms with Crippen LogP contribution in [0.1, 0.15) is 84.7 Å². The van der Waals surface area contributed by atoms with Crippen LogP contribution in [0.4, 0.5) is 0 Å². The summed E-state index contributed by atoms with van der Waals surface area (Å²) >= 11 is 0. The van der Waals surface area contributed by atoms with E-state index in [0.717, 1.165) is 0 Å². The van der Waals surface area contributed by atoms with Crippen LogP contribution in [-0.4, -0.2) is 4.57 Å². The highest BCUT2D eigenvalue weighted by molar-refractivity contribution is 6.14. The first kappa shape index (κ1) is 46.6. The molecule has 0 aliphatic heterocycles. The molecule has 0 spiro atoms. The Balaban J connectivity index is 0.00000284. The highest BCUT2D eigenvalue weighted by atomic mass is 15.0. The molecule has 2 aliphatic carbocycles. The molecule has 0 fully saturated rings. The van der Waals surface area contributed by atoms with Gasteiger partial charge in [-0.1, -0.05) is 252 Å². The molecule has 10 aromatic rings. The van der Waals surface area contributed by atoms with Crippen molar-refractivity contribution >= 4 is 56.8 Å². The van der Waals surface area contributed by atoms with E-state index in [2.05, 4.69) is 285 Å². The van der Waals surface area contributed by atoms with Gasteiger partial charge in [0.05, 0.1) is 11.0 Å². The molecule has 0 saturated heterocycles. The number of benzene rings is 9. The predicted octanol–water partition coefficient (Wildman–Crippen LogP) is 19.5. The van der Waals surface area contributed by atoms with E-state index in [9.17, 15) is 0 Å². The molecule has 9 aromatic carbocycles. The highest BCUT2D eigenvalue weighted by Crippen LogP contribution is 2.53. The van der Waals surface area contributed by atoms with Crippen LogP contribution >= 0.6 is 0 Å². The Labute approximate surface area is 431 Å². The number of hydrogen-bond acceptors (Lipinski definition) is 0. The number of nitrogens with zero attached hydrogens (tertiary/aromatic N) is 1. The fourth-order valence-electron chi connectivity index (χ4n) is 11.2. The third-order valence-electron chi connectivity index (χ3n) is 14.6. The van der Waals surface area contributed by atoms with E-state index in [-0.39, 0.29) is 5.41 Å². The van der Waals surface area contributed by atoms with Gasteiger partial charge in [0.25, 0.3) is 0 Å². The maximum Gasteiger partial charge on any atom is 0.0541 e. The average Bonchev–Trinajstić information content (AvgIpc) is 4.02. The van der Waals surface area contributed by atoms with Crippen LogP contribution in [-0.2, 0) is 5.41 Å². The summed E-state index contributed by atoms with van der Waals surface area (Å²) in [6, 6.07) is 80.1. The van der Waals surface area contributed by atoms with E-state index in [1.165, 1.54) is 122 Å². The number of allylic oxidation sites excluding steroid dienone is 7. The van der Waals surface area contributed by atoms with Crippen LogP contribution in [0, 0.1) is 0 Å². The number of aromatic nitrogens is 1. The normalized spacial score (nSPS) is 14.6. The summed E-state index contributed by atoms with van der Waals surface area (Å²) in [5.41, 5.74) is 24.4. The molecule has 2 aliphatic rings. The summed E-state index contributed by atoms with van der Waals surface area (Å²) < 4.78 is 2.39. The minimum atomic E-state index is -0.314.